The molecule has 0 aromatic heterocycles. The number of carbonyl (C=O) groups excluding carboxylic acids is 2. The molecule has 0 unspecified atom stereocenters. The summed E-state index contributed by atoms with van der Waals surface area (Å²) in [6, 6.07) is 18.4. The lowest BCUT2D eigenvalue weighted by atomic mass is 9.95. The first kappa shape index (κ1) is 37.7. The number of ketones is 2. The number of ether oxygens (including phenoxy) is 2. The van der Waals surface area contributed by atoms with Crippen LogP contribution in [-0.2, 0) is 30.4 Å². The van der Waals surface area contributed by atoms with Gasteiger partial charge in [0.1, 0.15) is 27.0 Å². The molecular weight excluding hydrogens is 769 g/mol. The molecule has 2 aliphatic rings. The van der Waals surface area contributed by atoms with E-state index >= 15 is 0 Å². The van der Waals surface area contributed by atoms with Crippen LogP contribution in [0.5, 0.6) is 11.5 Å². The predicted octanol–water partition coefficient (Wildman–Crippen LogP) is 4.40. The number of anilines is 2. The Balaban J connectivity index is 1.28. The van der Waals surface area contributed by atoms with Gasteiger partial charge in [0, 0.05) is 16.7 Å². The zero-order valence-corrected chi connectivity index (χ0v) is 30.2. The van der Waals surface area contributed by atoms with E-state index in [9.17, 15) is 48.5 Å². The van der Waals surface area contributed by atoms with Gasteiger partial charge in [-0.25, -0.2) is 0 Å². The average molecular weight is 795 g/mol. The molecule has 0 radical (unpaired) electrons. The Kier molecular flexibility index (Phi) is 9.83. The van der Waals surface area contributed by atoms with E-state index in [-0.39, 0.29) is 45.2 Å². The number of carbonyl (C=O) groups is 2. The van der Waals surface area contributed by atoms with Crippen molar-refractivity contribution in [3.05, 3.63) is 112 Å². The number of nitrogens with zero attached hydrogens (tertiary/aromatic N) is 2. The van der Waals surface area contributed by atoms with E-state index in [1.165, 1.54) is 38.5 Å². The summed E-state index contributed by atoms with van der Waals surface area (Å²) in [5.41, 5.74) is 5.65. The van der Waals surface area contributed by atoms with Crippen LogP contribution in [0, 0.1) is 0 Å². The number of hydrogen-bond acceptors (Lipinski definition) is 14. The maximum atomic E-state index is 13.3. The SMILES string of the molecule is COc1cc(-c2ccc(NN=C3C(=O)c4ccc(S(=O)(=O)O)cc4C=C3S(=O)(=O)O)c(OC)c2)ccc1NN=C1C=C(S(=O)(=O)O)c2ccccc2C1=O. The molecule has 0 fully saturated rings. The fourth-order valence-corrected chi connectivity index (χ4v) is 7.43. The van der Waals surface area contributed by atoms with Crippen LogP contribution < -0.4 is 20.3 Å². The molecular formula is C34H26N4O13S3. The van der Waals surface area contributed by atoms with Gasteiger partial charge in [0.05, 0.1) is 30.5 Å². The van der Waals surface area contributed by atoms with Crippen LogP contribution in [0.2, 0.25) is 0 Å². The maximum absolute atomic E-state index is 13.3. The Labute approximate surface area is 307 Å². The lowest BCUT2D eigenvalue weighted by Gasteiger charge is -2.17. The molecule has 0 saturated carbocycles. The highest BCUT2D eigenvalue weighted by Gasteiger charge is 2.34. The first-order valence-electron chi connectivity index (χ1n) is 15.1. The van der Waals surface area contributed by atoms with Crippen LogP contribution in [0.25, 0.3) is 22.1 Å². The number of hydrazone groups is 2. The van der Waals surface area contributed by atoms with Gasteiger partial charge in [-0.3, -0.25) is 34.1 Å². The highest BCUT2D eigenvalue weighted by atomic mass is 32.2. The van der Waals surface area contributed by atoms with Crippen molar-refractivity contribution >= 4 is 75.7 Å². The molecule has 0 atom stereocenters. The van der Waals surface area contributed by atoms with Crippen LogP contribution in [0.15, 0.2) is 105 Å². The van der Waals surface area contributed by atoms with E-state index in [4.69, 9.17) is 9.47 Å². The van der Waals surface area contributed by atoms with Crippen LogP contribution >= 0.6 is 0 Å². The fraction of sp³-hybridized carbons (Fsp3) is 0.0588. The summed E-state index contributed by atoms with van der Waals surface area (Å²) in [4.78, 5) is 24.3. The summed E-state index contributed by atoms with van der Waals surface area (Å²) < 4.78 is 112. The van der Waals surface area contributed by atoms with Crippen molar-refractivity contribution in [1.82, 2.24) is 0 Å². The number of hydrogen-bond donors (Lipinski definition) is 5. The molecule has 20 heteroatoms. The van der Waals surface area contributed by atoms with E-state index in [0.717, 1.165) is 30.4 Å². The van der Waals surface area contributed by atoms with E-state index in [1.54, 1.807) is 36.4 Å². The van der Waals surface area contributed by atoms with Gasteiger partial charge < -0.3 is 9.47 Å². The molecule has 0 saturated heterocycles. The molecule has 4 aromatic carbocycles. The van der Waals surface area contributed by atoms with Gasteiger partial charge >= 0.3 is 0 Å². The van der Waals surface area contributed by atoms with Crippen molar-refractivity contribution in [3.8, 4) is 22.6 Å². The first-order valence-corrected chi connectivity index (χ1v) is 19.5. The third kappa shape index (κ3) is 7.42. The van der Waals surface area contributed by atoms with Crippen molar-refractivity contribution in [2.24, 2.45) is 10.2 Å². The number of rotatable bonds is 10. The minimum Gasteiger partial charge on any atom is -0.494 e. The van der Waals surface area contributed by atoms with Crippen LogP contribution in [0.1, 0.15) is 31.8 Å². The highest BCUT2D eigenvalue weighted by Crippen LogP contribution is 2.36. The highest BCUT2D eigenvalue weighted by molar-refractivity contribution is 7.95. The Morgan fingerprint density at radius 3 is 1.67 bits per heavy atom. The summed E-state index contributed by atoms with van der Waals surface area (Å²) in [6.45, 7) is 0. The van der Waals surface area contributed by atoms with Crippen LogP contribution in [0.4, 0.5) is 11.4 Å². The van der Waals surface area contributed by atoms with Crippen molar-refractivity contribution in [3.63, 3.8) is 0 Å². The summed E-state index contributed by atoms with van der Waals surface area (Å²) in [5.74, 6) is -1.11. The Morgan fingerprint density at radius 2 is 1.13 bits per heavy atom. The molecule has 0 spiro atoms. The predicted molar refractivity (Wildman–Crippen MR) is 198 cm³/mol. The largest absolute Gasteiger partial charge is 0.494 e. The number of nitrogens with one attached hydrogen (secondary N) is 2. The van der Waals surface area contributed by atoms with E-state index < -0.39 is 62.3 Å². The molecule has 17 nitrogen and oxygen atoms in total. The summed E-state index contributed by atoms with van der Waals surface area (Å²) in [7, 11) is -11.7. The van der Waals surface area contributed by atoms with Gasteiger partial charge in [0.2, 0.25) is 11.6 Å². The summed E-state index contributed by atoms with van der Waals surface area (Å²) in [6.07, 6.45) is 1.81. The lowest BCUT2D eigenvalue weighted by molar-refractivity contribution is 0.105. The second kappa shape index (κ2) is 14.1. The van der Waals surface area contributed by atoms with Crippen LogP contribution in [-0.4, -0.2) is 76.1 Å². The molecule has 0 amide bonds. The average Bonchev–Trinajstić information content (AvgIpc) is 3.12. The van der Waals surface area contributed by atoms with Crippen LogP contribution in [0.3, 0.4) is 0 Å². The normalized spacial score (nSPS) is 15.9. The molecule has 0 bridgehead atoms. The fourth-order valence-electron chi connectivity index (χ4n) is 5.54. The lowest BCUT2D eigenvalue weighted by Crippen LogP contribution is -2.27. The number of allylic oxidation sites excluding steroid dienone is 2. The minimum absolute atomic E-state index is 0.0386. The topological polar surface area (TPSA) is 264 Å². The molecule has 4 aromatic rings. The maximum Gasteiger partial charge on any atom is 0.296 e. The Morgan fingerprint density at radius 1 is 0.574 bits per heavy atom. The Hall–Kier alpha value is -6.03. The van der Waals surface area contributed by atoms with Gasteiger partial charge in [0.25, 0.3) is 30.4 Å². The third-order valence-corrected chi connectivity index (χ3v) is 10.7. The molecule has 5 N–H and O–H groups in total. The second-order valence-corrected chi connectivity index (χ2v) is 15.6. The van der Waals surface area contributed by atoms with Crippen molar-refractivity contribution in [1.29, 1.82) is 0 Å². The number of fused-ring (bicyclic) bond motifs is 2. The molecule has 0 aliphatic heterocycles. The van der Waals surface area contributed by atoms with Crippen molar-refractivity contribution in [2.45, 2.75) is 4.90 Å². The third-order valence-electron chi connectivity index (χ3n) is 8.12. The van der Waals surface area contributed by atoms with Crippen molar-refractivity contribution in [2.75, 3.05) is 25.1 Å². The molecule has 6 rings (SSSR count). The second-order valence-electron chi connectivity index (χ2n) is 11.4. The quantitative estimate of drug-likeness (QED) is 0.110. The summed E-state index contributed by atoms with van der Waals surface area (Å²) in [5, 5.41) is 8.03. The van der Waals surface area contributed by atoms with Gasteiger partial charge in [0.15, 0.2) is 5.71 Å². The van der Waals surface area contributed by atoms with E-state index in [2.05, 4.69) is 21.1 Å². The number of benzene rings is 4. The summed E-state index contributed by atoms with van der Waals surface area (Å²) >= 11 is 0. The van der Waals surface area contributed by atoms with E-state index in [1.807, 2.05) is 0 Å². The minimum atomic E-state index is -5.06. The smallest absolute Gasteiger partial charge is 0.296 e. The molecule has 0 heterocycles. The molecule has 278 valence electrons. The zero-order valence-electron chi connectivity index (χ0n) is 27.7. The Bertz CT molecular complexity index is 2760. The van der Waals surface area contributed by atoms with Gasteiger partial charge in [-0.2, -0.15) is 35.5 Å². The van der Waals surface area contributed by atoms with E-state index in [0.29, 0.717) is 16.8 Å². The van der Waals surface area contributed by atoms with Gasteiger partial charge in [-0.15, -0.1) is 0 Å². The number of Topliss-reactive ketones (excluding diaryl/α,β-unsaturated/α-hetero) is 2. The monoisotopic (exact) mass is 794 g/mol. The van der Waals surface area contributed by atoms with Crippen molar-refractivity contribution < 1.29 is 58.0 Å². The first-order chi connectivity index (χ1) is 25.4. The standard InChI is InChI=1S/C34H26N4O13S3/c1-50-28-14-18(7-11-25(28)35-37-27-17-30(53(44,45)46)23-5-3-4-6-24(23)33(27)39)19-8-12-26(29(15-19)51-2)36-38-32-31(54(47,48)49)16-20-13-21(52(41,42)43)9-10-22(20)34(32)40/h3-17,35-36H,1-2H3,(H,41,42,43)(H,44,45,46)(H,47,48,49). The number of methoxy groups -OCH3 is 2. The zero-order chi connectivity index (χ0) is 39.2. The van der Waals surface area contributed by atoms with Gasteiger partial charge in [-0.1, -0.05) is 36.4 Å². The van der Waals surface area contributed by atoms with Gasteiger partial charge in [-0.05, 0) is 71.3 Å². The molecule has 54 heavy (non-hydrogen) atoms. The molecule has 2 aliphatic carbocycles.